The van der Waals surface area contributed by atoms with E-state index in [9.17, 15) is 19.2 Å². The summed E-state index contributed by atoms with van der Waals surface area (Å²) in [7, 11) is 3.18. The van der Waals surface area contributed by atoms with Gasteiger partial charge in [0.15, 0.2) is 0 Å². The van der Waals surface area contributed by atoms with Gasteiger partial charge in [-0.25, -0.2) is 9.78 Å². The topological polar surface area (TPSA) is 143 Å². The van der Waals surface area contributed by atoms with Crippen LogP contribution in [-0.2, 0) is 43.0 Å². The molecule has 39 heavy (non-hydrogen) atoms. The molecule has 0 saturated carbocycles. The summed E-state index contributed by atoms with van der Waals surface area (Å²) >= 11 is 0. The molecule has 1 aromatic heterocycles. The minimum atomic E-state index is -0.702. The second-order valence-electron chi connectivity index (χ2n) is 8.87. The summed E-state index contributed by atoms with van der Waals surface area (Å²) in [6.07, 6.45) is 2.18. The van der Waals surface area contributed by atoms with E-state index in [1.54, 1.807) is 27.8 Å². The van der Waals surface area contributed by atoms with E-state index in [2.05, 4.69) is 10.3 Å². The van der Waals surface area contributed by atoms with Gasteiger partial charge in [0.1, 0.15) is 5.03 Å². The van der Waals surface area contributed by atoms with Gasteiger partial charge >= 0.3 is 5.97 Å². The van der Waals surface area contributed by atoms with Crippen molar-refractivity contribution in [2.75, 3.05) is 59.4 Å². The largest absolute Gasteiger partial charge is 0.378 e. The molecule has 1 aliphatic heterocycles. The normalized spacial score (nSPS) is 13.6. The lowest BCUT2D eigenvalue weighted by atomic mass is 10.1. The SMILES string of the molecule is CC(C)(CC(=O)NCCOCCOCCOCCOCCC(=O)ON1C(=O)CCC1=O)SSc1ccccn1. The van der Waals surface area contributed by atoms with Crippen LogP contribution in [0.2, 0.25) is 0 Å². The van der Waals surface area contributed by atoms with Crippen LogP contribution >= 0.6 is 21.6 Å². The summed E-state index contributed by atoms with van der Waals surface area (Å²) in [5, 5.41) is 4.30. The smallest absolute Gasteiger partial charge is 0.335 e. The number of hydrogen-bond donors (Lipinski definition) is 1. The molecule has 2 rings (SSSR count). The molecule has 1 aromatic rings. The molecule has 1 fully saturated rings. The molecule has 0 aliphatic carbocycles. The Morgan fingerprint density at radius 2 is 1.51 bits per heavy atom. The average molecular weight is 588 g/mol. The Labute approximate surface area is 236 Å². The highest BCUT2D eigenvalue weighted by atomic mass is 33.1. The molecule has 0 aromatic carbocycles. The van der Waals surface area contributed by atoms with Gasteiger partial charge in [0.25, 0.3) is 11.8 Å². The molecule has 0 spiro atoms. The lowest BCUT2D eigenvalue weighted by Crippen LogP contribution is -2.32. The van der Waals surface area contributed by atoms with Crippen LogP contribution in [0.15, 0.2) is 29.4 Å². The van der Waals surface area contributed by atoms with Crippen molar-refractivity contribution >= 4 is 45.3 Å². The highest BCUT2D eigenvalue weighted by Crippen LogP contribution is 2.41. The Balaban J connectivity index is 1.32. The molecule has 0 atom stereocenters. The van der Waals surface area contributed by atoms with Gasteiger partial charge in [0, 0.05) is 36.8 Å². The molecule has 0 unspecified atom stereocenters. The van der Waals surface area contributed by atoms with Gasteiger partial charge in [-0.05, 0) is 36.8 Å². The third-order valence-electron chi connectivity index (χ3n) is 4.91. The molecule has 1 saturated heterocycles. The molecular formula is C25H37N3O9S2. The predicted octanol–water partition coefficient (Wildman–Crippen LogP) is 2.17. The van der Waals surface area contributed by atoms with Crippen LogP contribution in [-0.4, -0.2) is 97.9 Å². The summed E-state index contributed by atoms with van der Waals surface area (Å²) in [6.45, 7) is 7.19. The maximum atomic E-state index is 12.2. The van der Waals surface area contributed by atoms with Crippen molar-refractivity contribution in [2.45, 2.75) is 49.3 Å². The van der Waals surface area contributed by atoms with Gasteiger partial charge in [0.2, 0.25) is 5.91 Å². The summed E-state index contributed by atoms with van der Waals surface area (Å²) < 4.78 is 21.3. The number of amides is 3. The Morgan fingerprint density at radius 3 is 2.10 bits per heavy atom. The van der Waals surface area contributed by atoms with Crippen molar-refractivity contribution in [3.05, 3.63) is 24.4 Å². The van der Waals surface area contributed by atoms with Crippen LogP contribution in [0.5, 0.6) is 0 Å². The van der Waals surface area contributed by atoms with Gasteiger partial charge in [-0.15, -0.1) is 5.06 Å². The molecule has 14 heteroatoms. The van der Waals surface area contributed by atoms with E-state index in [-0.39, 0.29) is 43.1 Å². The first kappa shape index (κ1) is 33.0. The molecule has 12 nitrogen and oxygen atoms in total. The first-order chi connectivity index (χ1) is 18.8. The molecule has 2 heterocycles. The maximum Gasteiger partial charge on any atom is 0.335 e. The van der Waals surface area contributed by atoms with E-state index >= 15 is 0 Å². The molecule has 1 N–H and O–H groups in total. The Kier molecular flexibility index (Phi) is 16.0. The molecule has 218 valence electrons. The maximum absolute atomic E-state index is 12.2. The molecular weight excluding hydrogens is 550 g/mol. The lowest BCUT2D eigenvalue weighted by molar-refractivity contribution is -0.198. The van der Waals surface area contributed by atoms with Crippen LogP contribution in [0.3, 0.4) is 0 Å². The monoisotopic (exact) mass is 587 g/mol. The van der Waals surface area contributed by atoms with Crippen molar-refractivity contribution < 1.29 is 43.0 Å². The molecule has 0 bridgehead atoms. The summed E-state index contributed by atoms with van der Waals surface area (Å²) in [4.78, 5) is 55.6. The molecule has 3 amide bonds. The van der Waals surface area contributed by atoms with Gasteiger partial charge in [-0.1, -0.05) is 16.9 Å². The van der Waals surface area contributed by atoms with E-state index in [1.807, 2.05) is 32.0 Å². The fraction of sp³-hybridized carbons (Fsp3) is 0.640. The zero-order chi connectivity index (χ0) is 28.3. The van der Waals surface area contributed by atoms with Crippen LogP contribution in [0.25, 0.3) is 0 Å². The zero-order valence-corrected chi connectivity index (χ0v) is 24.0. The number of ether oxygens (including phenoxy) is 4. The lowest BCUT2D eigenvalue weighted by Gasteiger charge is -2.22. The van der Waals surface area contributed by atoms with E-state index in [0.717, 1.165) is 5.03 Å². The second kappa shape index (κ2) is 19.0. The van der Waals surface area contributed by atoms with E-state index < -0.39 is 17.8 Å². The van der Waals surface area contributed by atoms with Crippen molar-refractivity contribution in [3.63, 3.8) is 0 Å². The summed E-state index contributed by atoms with van der Waals surface area (Å²) in [5.74, 6) is -1.75. The Hall–Kier alpha value is -2.23. The van der Waals surface area contributed by atoms with Crippen molar-refractivity contribution in [1.29, 1.82) is 0 Å². The van der Waals surface area contributed by atoms with E-state index in [4.69, 9.17) is 23.8 Å². The number of carbonyl (C=O) groups is 4. The quantitative estimate of drug-likeness (QED) is 0.128. The fourth-order valence-corrected chi connectivity index (χ4v) is 5.16. The number of rotatable bonds is 21. The average Bonchev–Trinajstić information content (AvgIpc) is 3.22. The highest BCUT2D eigenvalue weighted by Gasteiger charge is 2.32. The summed E-state index contributed by atoms with van der Waals surface area (Å²) in [5.41, 5.74) is 0. The first-order valence-corrected chi connectivity index (χ1v) is 14.8. The number of carbonyl (C=O) groups excluding carboxylic acids is 4. The minimum Gasteiger partial charge on any atom is -0.378 e. The standard InChI is InChI=1S/C25H37N3O9S2/c1-25(2,39-38-21-5-3-4-9-27-21)19-20(29)26-10-12-34-14-16-36-18-17-35-15-13-33-11-8-24(32)37-28-22(30)6-7-23(28)31/h3-5,9H,6-8,10-19H2,1-2H3,(H,26,29). The minimum absolute atomic E-state index is 0.0231. The third kappa shape index (κ3) is 15.2. The number of hydroxylamine groups is 2. The predicted molar refractivity (Wildman–Crippen MR) is 144 cm³/mol. The van der Waals surface area contributed by atoms with Crippen LogP contribution in [0.1, 0.15) is 39.5 Å². The number of nitrogens with zero attached hydrogens (tertiary/aromatic N) is 2. The van der Waals surface area contributed by atoms with Gasteiger partial charge in [-0.3, -0.25) is 14.4 Å². The van der Waals surface area contributed by atoms with Crippen LogP contribution < -0.4 is 5.32 Å². The fourth-order valence-electron chi connectivity index (χ4n) is 3.02. The van der Waals surface area contributed by atoms with E-state index in [1.165, 1.54) is 0 Å². The zero-order valence-electron chi connectivity index (χ0n) is 22.4. The van der Waals surface area contributed by atoms with Crippen molar-refractivity contribution in [2.24, 2.45) is 0 Å². The number of aromatic nitrogens is 1. The highest BCUT2D eigenvalue weighted by molar-refractivity contribution is 8.77. The van der Waals surface area contributed by atoms with Gasteiger partial charge in [0.05, 0.1) is 59.3 Å². The molecule has 0 radical (unpaired) electrons. The Morgan fingerprint density at radius 1 is 0.923 bits per heavy atom. The second-order valence-corrected chi connectivity index (χ2v) is 11.7. The van der Waals surface area contributed by atoms with Crippen molar-refractivity contribution in [1.82, 2.24) is 15.4 Å². The van der Waals surface area contributed by atoms with Crippen molar-refractivity contribution in [3.8, 4) is 0 Å². The van der Waals surface area contributed by atoms with Gasteiger partial charge in [-0.2, -0.15) is 0 Å². The number of nitrogens with one attached hydrogen (secondary N) is 1. The number of imide groups is 1. The van der Waals surface area contributed by atoms with Gasteiger partial charge < -0.3 is 29.1 Å². The number of pyridine rings is 1. The first-order valence-electron chi connectivity index (χ1n) is 12.7. The van der Waals surface area contributed by atoms with Crippen LogP contribution in [0, 0.1) is 0 Å². The third-order valence-corrected chi connectivity index (χ3v) is 8.12. The molecule has 1 aliphatic rings. The Bertz CT molecular complexity index is 890. The number of hydrogen-bond acceptors (Lipinski definition) is 12. The summed E-state index contributed by atoms with van der Waals surface area (Å²) in [6, 6.07) is 5.75. The van der Waals surface area contributed by atoms with E-state index in [0.29, 0.717) is 57.7 Å². The van der Waals surface area contributed by atoms with Crippen LogP contribution in [0.4, 0.5) is 0 Å².